The number of hydrogen-bond acceptors (Lipinski definition) is 5. The number of rotatable bonds is 4. The molecule has 2 heterocycles. The standard InChI is InChI=1S/C19H15N3O5/c23-16-14(20-19(26)27-10-11-6-2-1-3-7-11)15(21-16)22-17(24)12-8-4-5-9-13(12)18(22)25/h1-9,14-15H,10H2,(H,20,26)(H,21,23)/t14-,15-/m0/s1. The van der Waals surface area contributed by atoms with Gasteiger partial charge in [-0.25, -0.2) is 4.79 Å². The van der Waals surface area contributed by atoms with Crippen molar-refractivity contribution >= 4 is 23.8 Å². The predicted octanol–water partition coefficient (Wildman–Crippen LogP) is 1.03. The lowest BCUT2D eigenvalue weighted by Crippen LogP contribution is -2.75. The summed E-state index contributed by atoms with van der Waals surface area (Å²) in [5.74, 6) is -1.51. The number of nitrogens with zero attached hydrogens (tertiary/aromatic N) is 1. The average Bonchev–Trinajstić information content (AvgIpc) is 2.94. The molecule has 27 heavy (non-hydrogen) atoms. The quantitative estimate of drug-likeness (QED) is 0.622. The van der Waals surface area contributed by atoms with Gasteiger partial charge in [0.2, 0.25) is 5.91 Å². The fourth-order valence-corrected chi connectivity index (χ4v) is 3.08. The maximum atomic E-state index is 12.5. The number of carbonyl (C=O) groups excluding carboxylic acids is 4. The second-order valence-corrected chi connectivity index (χ2v) is 6.16. The average molecular weight is 365 g/mol. The van der Waals surface area contributed by atoms with Crippen molar-refractivity contribution in [1.29, 1.82) is 0 Å². The number of ether oxygens (including phenoxy) is 1. The fraction of sp³-hybridized carbons (Fsp3) is 0.158. The molecule has 0 spiro atoms. The normalized spacial score (nSPS) is 20.6. The van der Waals surface area contributed by atoms with Crippen LogP contribution in [0, 0.1) is 0 Å². The number of carbonyl (C=O) groups is 4. The van der Waals surface area contributed by atoms with Gasteiger partial charge in [-0.15, -0.1) is 0 Å². The first-order valence-corrected chi connectivity index (χ1v) is 8.31. The van der Waals surface area contributed by atoms with Gasteiger partial charge in [0.05, 0.1) is 11.1 Å². The molecule has 2 N–H and O–H groups in total. The van der Waals surface area contributed by atoms with Gasteiger partial charge in [0.1, 0.15) is 12.8 Å². The summed E-state index contributed by atoms with van der Waals surface area (Å²) in [6.07, 6.45) is -1.76. The number of β-lactam (4-membered cyclic amide) rings is 1. The molecule has 8 heteroatoms. The highest BCUT2D eigenvalue weighted by Crippen LogP contribution is 2.27. The van der Waals surface area contributed by atoms with E-state index in [1.165, 1.54) is 0 Å². The number of fused-ring (bicyclic) bond motifs is 1. The van der Waals surface area contributed by atoms with Gasteiger partial charge in [-0.05, 0) is 17.7 Å². The van der Waals surface area contributed by atoms with E-state index < -0.39 is 36.0 Å². The maximum absolute atomic E-state index is 12.5. The third kappa shape index (κ3) is 2.91. The van der Waals surface area contributed by atoms with Crippen molar-refractivity contribution < 1.29 is 23.9 Å². The molecule has 0 aliphatic carbocycles. The molecule has 0 unspecified atom stereocenters. The number of nitrogens with one attached hydrogen (secondary N) is 2. The number of imide groups is 1. The second-order valence-electron chi connectivity index (χ2n) is 6.16. The molecule has 4 rings (SSSR count). The van der Waals surface area contributed by atoms with Gasteiger partial charge >= 0.3 is 6.09 Å². The van der Waals surface area contributed by atoms with E-state index in [2.05, 4.69) is 10.6 Å². The van der Waals surface area contributed by atoms with Crippen LogP contribution < -0.4 is 10.6 Å². The Morgan fingerprint density at radius 1 is 0.963 bits per heavy atom. The predicted molar refractivity (Wildman–Crippen MR) is 92.4 cm³/mol. The Morgan fingerprint density at radius 3 is 2.15 bits per heavy atom. The summed E-state index contributed by atoms with van der Waals surface area (Å²) in [6, 6.07) is 14.4. The molecule has 0 radical (unpaired) electrons. The molecule has 0 aromatic heterocycles. The highest BCUT2D eigenvalue weighted by Gasteiger charge is 2.51. The fourth-order valence-electron chi connectivity index (χ4n) is 3.08. The van der Waals surface area contributed by atoms with Gasteiger partial charge < -0.3 is 15.4 Å². The van der Waals surface area contributed by atoms with E-state index in [1.54, 1.807) is 36.4 Å². The summed E-state index contributed by atoms with van der Waals surface area (Å²) in [5, 5.41) is 4.90. The molecule has 2 aliphatic rings. The zero-order valence-corrected chi connectivity index (χ0v) is 14.0. The van der Waals surface area contributed by atoms with Crippen molar-refractivity contribution in [3.63, 3.8) is 0 Å². The van der Waals surface area contributed by atoms with Gasteiger partial charge in [-0.3, -0.25) is 19.3 Å². The molecule has 1 fully saturated rings. The highest BCUT2D eigenvalue weighted by atomic mass is 16.5. The molecule has 2 aromatic carbocycles. The van der Waals surface area contributed by atoms with Crippen LogP contribution in [0.25, 0.3) is 0 Å². The van der Waals surface area contributed by atoms with Crippen molar-refractivity contribution in [2.45, 2.75) is 18.8 Å². The first-order chi connectivity index (χ1) is 13.1. The van der Waals surface area contributed by atoms with Crippen molar-refractivity contribution in [3.8, 4) is 0 Å². The van der Waals surface area contributed by atoms with Crippen LogP contribution in [0.5, 0.6) is 0 Å². The van der Waals surface area contributed by atoms with Crippen molar-refractivity contribution in [2.24, 2.45) is 0 Å². The van der Waals surface area contributed by atoms with E-state index in [0.717, 1.165) is 10.5 Å². The summed E-state index contributed by atoms with van der Waals surface area (Å²) in [7, 11) is 0. The molecular weight excluding hydrogens is 350 g/mol. The Labute approximate surface area is 154 Å². The van der Waals surface area contributed by atoms with Gasteiger partial charge in [0.25, 0.3) is 11.8 Å². The van der Waals surface area contributed by atoms with Crippen molar-refractivity contribution in [3.05, 3.63) is 71.3 Å². The SMILES string of the molecule is O=C(N[C@@H]1C(=O)N[C@H]1N1C(=O)c2ccccc2C1=O)OCc1ccccc1. The number of benzene rings is 2. The molecule has 8 nitrogen and oxygen atoms in total. The van der Waals surface area contributed by atoms with Crippen molar-refractivity contribution in [2.75, 3.05) is 0 Å². The molecule has 136 valence electrons. The lowest BCUT2D eigenvalue weighted by atomic mass is 10.1. The molecule has 2 aliphatic heterocycles. The van der Waals surface area contributed by atoms with Gasteiger partial charge in [0, 0.05) is 0 Å². The topological polar surface area (TPSA) is 105 Å². The maximum Gasteiger partial charge on any atom is 0.408 e. The molecule has 2 atom stereocenters. The summed E-state index contributed by atoms with van der Waals surface area (Å²) in [4.78, 5) is 49.8. The van der Waals surface area contributed by atoms with Gasteiger partial charge in [-0.2, -0.15) is 0 Å². The van der Waals surface area contributed by atoms with Gasteiger partial charge in [0.15, 0.2) is 6.04 Å². The van der Waals surface area contributed by atoms with Crippen LogP contribution in [0.3, 0.4) is 0 Å². The zero-order chi connectivity index (χ0) is 19.0. The smallest absolute Gasteiger partial charge is 0.408 e. The molecular formula is C19H15N3O5. The Morgan fingerprint density at radius 2 is 1.56 bits per heavy atom. The number of amides is 4. The Bertz CT molecular complexity index is 908. The van der Waals surface area contributed by atoms with Crippen LogP contribution in [0.2, 0.25) is 0 Å². The lowest BCUT2D eigenvalue weighted by Gasteiger charge is -2.40. The largest absolute Gasteiger partial charge is 0.445 e. The monoisotopic (exact) mass is 365 g/mol. The van der Waals surface area contributed by atoms with E-state index >= 15 is 0 Å². The summed E-state index contributed by atoms with van der Waals surface area (Å²) in [6.45, 7) is 0.0404. The summed E-state index contributed by atoms with van der Waals surface area (Å²) in [5.41, 5.74) is 1.34. The first-order valence-electron chi connectivity index (χ1n) is 8.31. The van der Waals surface area contributed by atoms with Crippen LogP contribution in [-0.2, 0) is 16.1 Å². The van der Waals surface area contributed by atoms with E-state index in [0.29, 0.717) is 0 Å². The minimum Gasteiger partial charge on any atom is -0.445 e. The Hall–Kier alpha value is -3.68. The van der Waals surface area contributed by atoms with Crippen LogP contribution in [-0.4, -0.2) is 40.9 Å². The Kier molecular flexibility index (Phi) is 4.08. The highest BCUT2D eigenvalue weighted by molar-refractivity contribution is 6.22. The molecule has 4 amide bonds. The summed E-state index contributed by atoms with van der Waals surface area (Å²) < 4.78 is 5.09. The number of alkyl carbamates (subject to hydrolysis) is 1. The van der Waals surface area contributed by atoms with E-state index in [1.807, 2.05) is 18.2 Å². The minimum absolute atomic E-state index is 0.0404. The van der Waals surface area contributed by atoms with E-state index in [9.17, 15) is 19.2 Å². The van der Waals surface area contributed by atoms with Crippen LogP contribution in [0.15, 0.2) is 54.6 Å². The molecule has 0 bridgehead atoms. The molecule has 2 aromatic rings. The third-order valence-corrected chi connectivity index (χ3v) is 4.48. The second kappa shape index (κ2) is 6.56. The molecule has 0 saturated carbocycles. The zero-order valence-electron chi connectivity index (χ0n) is 14.0. The van der Waals surface area contributed by atoms with E-state index in [-0.39, 0.29) is 17.7 Å². The van der Waals surface area contributed by atoms with Crippen molar-refractivity contribution in [1.82, 2.24) is 15.5 Å². The number of hydrogen-bond donors (Lipinski definition) is 2. The third-order valence-electron chi connectivity index (χ3n) is 4.48. The van der Waals surface area contributed by atoms with Gasteiger partial charge in [-0.1, -0.05) is 42.5 Å². The van der Waals surface area contributed by atoms with Crippen LogP contribution in [0.4, 0.5) is 4.79 Å². The van der Waals surface area contributed by atoms with Crippen LogP contribution >= 0.6 is 0 Å². The lowest BCUT2D eigenvalue weighted by molar-refractivity contribution is -0.134. The minimum atomic E-state index is -1.06. The summed E-state index contributed by atoms with van der Waals surface area (Å²) >= 11 is 0. The first kappa shape index (κ1) is 16.8. The Balaban J connectivity index is 1.42. The molecule has 1 saturated heterocycles. The van der Waals surface area contributed by atoms with E-state index in [4.69, 9.17) is 4.74 Å². The van der Waals surface area contributed by atoms with Crippen LogP contribution in [0.1, 0.15) is 26.3 Å².